The molecule has 0 aliphatic carbocycles. The summed E-state index contributed by atoms with van der Waals surface area (Å²) in [6, 6.07) is 12.7. The molecule has 0 saturated heterocycles. The van der Waals surface area contributed by atoms with Gasteiger partial charge in [-0.15, -0.1) is 0 Å². The van der Waals surface area contributed by atoms with Gasteiger partial charge in [-0.05, 0) is 18.2 Å². The summed E-state index contributed by atoms with van der Waals surface area (Å²) in [5.41, 5.74) is 1.84. The Morgan fingerprint density at radius 2 is 2.15 bits per heavy atom. The zero-order valence-electron chi connectivity index (χ0n) is 14.5. The van der Waals surface area contributed by atoms with E-state index >= 15 is 0 Å². The highest BCUT2D eigenvalue weighted by Gasteiger charge is 2.21. The Bertz CT molecular complexity index is 948. The molecule has 0 fully saturated rings. The second-order valence-electron chi connectivity index (χ2n) is 6.11. The molecule has 0 spiro atoms. The number of nitrogens with zero attached hydrogens (tertiary/aromatic N) is 2. The first-order valence-corrected chi connectivity index (χ1v) is 8.56. The van der Waals surface area contributed by atoms with Crippen LogP contribution in [-0.2, 0) is 11.3 Å². The average Bonchev–Trinajstić information content (AvgIpc) is 3.35. The third kappa shape index (κ3) is 3.69. The zero-order chi connectivity index (χ0) is 18.6. The van der Waals surface area contributed by atoms with Gasteiger partial charge >= 0.3 is 0 Å². The van der Waals surface area contributed by atoms with E-state index in [1.54, 1.807) is 29.4 Å². The molecular weight excluding hydrogens is 348 g/mol. The molecule has 8 heteroatoms. The molecule has 1 aliphatic heterocycles. The molecule has 0 saturated carbocycles. The number of carbonyl (C=O) groups is 2. The maximum absolute atomic E-state index is 12.3. The lowest BCUT2D eigenvalue weighted by atomic mass is 10.2. The molecule has 0 radical (unpaired) electrons. The van der Waals surface area contributed by atoms with Crippen molar-refractivity contribution >= 4 is 11.8 Å². The zero-order valence-corrected chi connectivity index (χ0v) is 14.5. The van der Waals surface area contributed by atoms with E-state index in [9.17, 15) is 9.59 Å². The van der Waals surface area contributed by atoms with Crippen LogP contribution in [0.2, 0.25) is 0 Å². The molecule has 4 rings (SSSR count). The van der Waals surface area contributed by atoms with Gasteiger partial charge in [0.1, 0.15) is 11.4 Å². The lowest BCUT2D eigenvalue weighted by Gasteiger charge is -2.20. The van der Waals surface area contributed by atoms with Crippen molar-refractivity contribution < 1.29 is 18.7 Å². The maximum atomic E-state index is 12.3. The van der Waals surface area contributed by atoms with Crippen molar-refractivity contribution in [1.82, 2.24) is 20.4 Å². The lowest BCUT2D eigenvalue weighted by molar-refractivity contribution is -0.133. The number of amides is 2. The third-order valence-corrected chi connectivity index (χ3v) is 4.30. The number of furan rings is 1. The van der Waals surface area contributed by atoms with E-state index in [0.717, 1.165) is 11.3 Å². The number of hydrogen-bond acceptors (Lipinski definition) is 5. The Labute approximate surface area is 155 Å². The minimum Gasteiger partial charge on any atom is -0.483 e. The summed E-state index contributed by atoms with van der Waals surface area (Å²) in [5.74, 6) is 0.901. The molecule has 1 aromatic carbocycles. The van der Waals surface area contributed by atoms with E-state index in [-0.39, 0.29) is 24.1 Å². The number of carbonyl (C=O) groups excluding carboxylic acids is 2. The highest BCUT2D eigenvalue weighted by Crippen LogP contribution is 2.22. The van der Waals surface area contributed by atoms with Crippen LogP contribution in [0.25, 0.3) is 11.5 Å². The van der Waals surface area contributed by atoms with Gasteiger partial charge in [-0.25, -0.2) is 0 Å². The summed E-state index contributed by atoms with van der Waals surface area (Å²) in [4.78, 5) is 26.2. The van der Waals surface area contributed by atoms with E-state index in [4.69, 9.17) is 9.15 Å². The predicted molar refractivity (Wildman–Crippen MR) is 96.0 cm³/mol. The number of nitrogens with one attached hydrogen (secondary N) is 2. The smallest absolute Gasteiger partial charge is 0.271 e. The molecule has 1 aliphatic rings. The topological polar surface area (TPSA) is 100 Å². The first kappa shape index (κ1) is 16.9. The highest BCUT2D eigenvalue weighted by atomic mass is 16.5. The van der Waals surface area contributed by atoms with E-state index in [1.807, 2.05) is 24.3 Å². The van der Waals surface area contributed by atoms with Crippen molar-refractivity contribution in [3.8, 4) is 17.2 Å². The van der Waals surface area contributed by atoms with Gasteiger partial charge in [-0.1, -0.05) is 18.2 Å². The number of fused-ring (bicyclic) bond motifs is 1. The molecule has 0 unspecified atom stereocenters. The number of ether oxygens (including phenoxy) is 1. The lowest BCUT2D eigenvalue weighted by Crippen LogP contribution is -2.39. The van der Waals surface area contributed by atoms with Crippen LogP contribution in [0.4, 0.5) is 0 Å². The van der Waals surface area contributed by atoms with Gasteiger partial charge in [-0.3, -0.25) is 14.7 Å². The maximum Gasteiger partial charge on any atom is 0.271 e. The van der Waals surface area contributed by atoms with Crippen LogP contribution in [0.15, 0.2) is 53.1 Å². The van der Waals surface area contributed by atoms with Gasteiger partial charge in [0.15, 0.2) is 18.1 Å². The molecule has 138 valence electrons. The van der Waals surface area contributed by atoms with Crippen LogP contribution in [0.5, 0.6) is 5.75 Å². The van der Waals surface area contributed by atoms with Gasteiger partial charge in [0.25, 0.3) is 11.8 Å². The molecule has 0 atom stereocenters. The minimum atomic E-state index is -0.317. The van der Waals surface area contributed by atoms with Gasteiger partial charge in [0.05, 0.1) is 6.26 Å². The largest absolute Gasteiger partial charge is 0.483 e. The fraction of sp³-hybridized carbons (Fsp3) is 0.211. The highest BCUT2D eigenvalue weighted by molar-refractivity contribution is 5.93. The summed E-state index contributed by atoms with van der Waals surface area (Å²) >= 11 is 0. The standard InChI is InChI=1S/C19H18N4O4/c24-18-12-27-16-5-2-1-4-13(16)11-23(18)8-7-20-19(25)15-10-14(21-22-15)17-6-3-9-26-17/h1-6,9-10H,7-8,11-12H2,(H,20,25)(H,21,22). The van der Waals surface area contributed by atoms with Crippen LogP contribution < -0.4 is 10.1 Å². The van der Waals surface area contributed by atoms with Crippen molar-refractivity contribution in [2.45, 2.75) is 6.54 Å². The molecular formula is C19H18N4O4. The second-order valence-corrected chi connectivity index (χ2v) is 6.11. The van der Waals surface area contributed by atoms with Crippen LogP contribution >= 0.6 is 0 Å². The Kier molecular flexibility index (Phi) is 4.61. The normalized spacial score (nSPS) is 13.6. The van der Waals surface area contributed by atoms with Gasteiger partial charge in [-0.2, -0.15) is 5.10 Å². The molecule has 2 aromatic heterocycles. The molecule has 0 bridgehead atoms. The first-order valence-electron chi connectivity index (χ1n) is 8.56. The summed E-state index contributed by atoms with van der Waals surface area (Å²) in [6.45, 7) is 1.15. The fourth-order valence-corrected chi connectivity index (χ4v) is 2.89. The quantitative estimate of drug-likeness (QED) is 0.717. The number of aromatic amines is 1. The molecule has 2 N–H and O–H groups in total. The number of hydrogen-bond donors (Lipinski definition) is 2. The summed E-state index contributed by atoms with van der Waals surface area (Å²) in [7, 11) is 0. The predicted octanol–water partition coefficient (Wildman–Crippen LogP) is 1.82. The van der Waals surface area contributed by atoms with Crippen molar-refractivity contribution in [2.75, 3.05) is 19.7 Å². The van der Waals surface area contributed by atoms with Gasteiger partial charge < -0.3 is 19.4 Å². The Balaban J connectivity index is 1.34. The van der Waals surface area contributed by atoms with E-state index < -0.39 is 0 Å². The van der Waals surface area contributed by atoms with Gasteiger partial charge in [0, 0.05) is 31.3 Å². The fourth-order valence-electron chi connectivity index (χ4n) is 2.89. The number of rotatable bonds is 5. The minimum absolute atomic E-state index is 0.00314. The molecule has 3 heterocycles. The number of aromatic nitrogens is 2. The van der Waals surface area contributed by atoms with Gasteiger partial charge in [0.2, 0.25) is 0 Å². The van der Waals surface area contributed by atoms with Crippen molar-refractivity contribution in [3.63, 3.8) is 0 Å². The van der Waals surface area contributed by atoms with E-state index in [2.05, 4.69) is 15.5 Å². The second kappa shape index (κ2) is 7.36. The molecule has 2 amide bonds. The monoisotopic (exact) mass is 366 g/mol. The summed E-state index contributed by atoms with van der Waals surface area (Å²) in [6.07, 6.45) is 1.55. The number of benzene rings is 1. The molecule has 8 nitrogen and oxygen atoms in total. The van der Waals surface area contributed by atoms with Crippen molar-refractivity contribution in [2.24, 2.45) is 0 Å². The molecule has 3 aromatic rings. The Hall–Kier alpha value is -3.55. The number of H-pyrrole nitrogens is 1. The number of para-hydroxylation sites is 1. The van der Waals surface area contributed by atoms with E-state index in [0.29, 0.717) is 31.1 Å². The van der Waals surface area contributed by atoms with Crippen LogP contribution in [-0.4, -0.2) is 46.6 Å². The summed E-state index contributed by atoms with van der Waals surface area (Å²) < 4.78 is 10.8. The van der Waals surface area contributed by atoms with Crippen molar-refractivity contribution in [1.29, 1.82) is 0 Å². The van der Waals surface area contributed by atoms with Crippen molar-refractivity contribution in [3.05, 3.63) is 60.0 Å². The Morgan fingerprint density at radius 3 is 3.00 bits per heavy atom. The first-order chi connectivity index (χ1) is 13.2. The third-order valence-electron chi connectivity index (χ3n) is 4.30. The average molecular weight is 366 g/mol. The molecule has 27 heavy (non-hydrogen) atoms. The van der Waals surface area contributed by atoms with Crippen LogP contribution in [0.3, 0.4) is 0 Å². The van der Waals surface area contributed by atoms with Crippen LogP contribution in [0, 0.1) is 0 Å². The summed E-state index contributed by atoms with van der Waals surface area (Å²) in [5, 5.41) is 9.55. The SMILES string of the molecule is O=C(NCCN1Cc2ccccc2OCC1=O)c1cc(-c2ccco2)[nH]n1. The van der Waals surface area contributed by atoms with E-state index in [1.165, 1.54) is 0 Å². The Morgan fingerprint density at radius 1 is 1.26 bits per heavy atom. The van der Waals surface area contributed by atoms with Crippen LogP contribution in [0.1, 0.15) is 16.1 Å².